The van der Waals surface area contributed by atoms with Gasteiger partial charge in [0.2, 0.25) is 5.91 Å². The normalized spacial score (nSPS) is 9.77. The van der Waals surface area contributed by atoms with Crippen molar-refractivity contribution in [2.24, 2.45) is 0 Å². The van der Waals surface area contributed by atoms with E-state index in [2.05, 4.69) is 10.3 Å². The predicted molar refractivity (Wildman–Crippen MR) is 49.8 cm³/mol. The zero-order valence-electron chi connectivity index (χ0n) is 6.73. The maximum Gasteiger partial charge on any atom is 0.244 e. The summed E-state index contributed by atoms with van der Waals surface area (Å²) in [5, 5.41) is 13.1. The Kier molecular flexibility index (Phi) is 3.67. The van der Waals surface area contributed by atoms with Crippen LogP contribution in [-0.2, 0) is 4.79 Å². The fraction of sp³-hybridized carbons (Fsp3) is 0.125. The Balaban J connectivity index is 2.41. The third-order valence-corrected chi connectivity index (χ3v) is 1.91. The molecule has 13 heavy (non-hydrogen) atoms. The van der Waals surface area contributed by atoms with Crippen molar-refractivity contribution in [3.63, 3.8) is 0 Å². The van der Waals surface area contributed by atoms with Crippen molar-refractivity contribution < 1.29 is 4.79 Å². The van der Waals surface area contributed by atoms with Gasteiger partial charge < -0.3 is 5.32 Å². The van der Waals surface area contributed by atoms with Gasteiger partial charge in [0.25, 0.3) is 0 Å². The first-order chi connectivity index (χ1) is 6.33. The molecular formula is C8H7N3OS. The SMILES string of the molecule is N#CCNC(=O)/C=C/c1nccs1. The number of rotatable bonds is 3. The summed E-state index contributed by atoms with van der Waals surface area (Å²) in [5.74, 6) is -0.281. The van der Waals surface area contributed by atoms with E-state index in [1.165, 1.54) is 17.4 Å². The molecule has 1 N–H and O–H groups in total. The van der Waals surface area contributed by atoms with Crippen molar-refractivity contribution in [2.45, 2.75) is 0 Å². The van der Waals surface area contributed by atoms with E-state index >= 15 is 0 Å². The van der Waals surface area contributed by atoms with Crippen LogP contribution in [0.3, 0.4) is 0 Å². The molecule has 66 valence electrons. The highest BCUT2D eigenvalue weighted by Gasteiger charge is 1.93. The molecule has 0 aromatic carbocycles. The van der Waals surface area contributed by atoms with Crippen molar-refractivity contribution in [2.75, 3.05) is 6.54 Å². The number of hydrogen-bond donors (Lipinski definition) is 1. The molecule has 0 bridgehead atoms. The molecule has 1 aromatic heterocycles. The maximum atomic E-state index is 10.9. The fourth-order valence-corrected chi connectivity index (χ4v) is 1.18. The van der Waals surface area contributed by atoms with E-state index in [1.807, 2.05) is 11.4 Å². The molecule has 0 aliphatic heterocycles. The summed E-state index contributed by atoms with van der Waals surface area (Å²) in [6, 6.07) is 1.81. The second kappa shape index (κ2) is 5.06. The van der Waals surface area contributed by atoms with Gasteiger partial charge in [0.05, 0.1) is 6.07 Å². The minimum absolute atomic E-state index is 0.0288. The van der Waals surface area contributed by atoms with Crippen LogP contribution in [0.25, 0.3) is 6.08 Å². The molecule has 0 unspecified atom stereocenters. The van der Waals surface area contributed by atoms with E-state index in [0.29, 0.717) is 0 Å². The second-order valence-electron chi connectivity index (χ2n) is 2.08. The van der Waals surface area contributed by atoms with Crippen LogP contribution in [0.5, 0.6) is 0 Å². The van der Waals surface area contributed by atoms with Gasteiger partial charge in [-0.1, -0.05) is 0 Å². The Morgan fingerprint density at radius 2 is 2.69 bits per heavy atom. The van der Waals surface area contributed by atoms with Crippen molar-refractivity contribution in [3.8, 4) is 6.07 Å². The first-order valence-corrected chi connectivity index (χ1v) is 4.43. The monoisotopic (exact) mass is 193 g/mol. The number of aromatic nitrogens is 1. The highest BCUT2D eigenvalue weighted by molar-refractivity contribution is 7.10. The number of nitrogens with zero attached hydrogens (tertiary/aromatic N) is 2. The lowest BCUT2D eigenvalue weighted by Crippen LogP contribution is -2.20. The smallest absolute Gasteiger partial charge is 0.244 e. The molecule has 0 saturated heterocycles. The Bertz CT molecular complexity index is 337. The van der Waals surface area contributed by atoms with Gasteiger partial charge in [0, 0.05) is 17.7 Å². The molecule has 1 amide bonds. The van der Waals surface area contributed by atoms with Crippen molar-refractivity contribution in [3.05, 3.63) is 22.7 Å². The van der Waals surface area contributed by atoms with E-state index in [0.717, 1.165) is 5.01 Å². The van der Waals surface area contributed by atoms with Crippen LogP contribution in [0.2, 0.25) is 0 Å². The van der Waals surface area contributed by atoms with E-state index in [4.69, 9.17) is 5.26 Å². The average Bonchev–Trinajstić information content (AvgIpc) is 2.64. The largest absolute Gasteiger partial charge is 0.339 e. The lowest BCUT2D eigenvalue weighted by atomic mass is 10.4. The van der Waals surface area contributed by atoms with Gasteiger partial charge in [0.1, 0.15) is 11.6 Å². The molecule has 0 atom stereocenters. The van der Waals surface area contributed by atoms with E-state index in [9.17, 15) is 4.79 Å². The molecule has 0 radical (unpaired) electrons. The Morgan fingerprint density at radius 3 is 3.31 bits per heavy atom. The topological polar surface area (TPSA) is 65.8 Å². The number of nitriles is 1. The highest BCUT2D eigenvalue weighted by Crippen LogP contribution is 2.05. The van der Waals surface area contributed by atoms with Crippen LogP contribution in [0.1, 0.15) is 5.01 Å². The zero-order chi connectivity index (χ0) is 9.52. The molecule has 0 aliphatic carbocycles. The summed E-state index contributed by atoms with van der Waals surface area (Å²) in [6.45, 7) is 0.0288. The molecular weight excluding hydrogens is 186 g/mol. The lowest BCUT2D eigenvalue weighted by Gasteiger charge is -1.91. The van der Waals surface area contributed by atoms with E-state index < -0.39 is 0 Å². The summed E-state index contributed by atoms with van der Waals surface area (Å²) in [7, 11) is 0. The number of thiazole rings is 1. The number of hydrogen-bond acceptors (Lipinski definition) is 4. The van der Waals surface area contributed by atoms with Crippen molar-refractivity contribution in [1.82, 2.24) is 10.3 Å². The second-order valence-corrected chi connectivity index (χ2v) is 3.01. The molecule has 1 heterocycles. The average molecular weight is 193 g/mol. The Hall–Kier alpha value is -1.67. The van der Waals surface area contributed by atoms with Gasteiger partial charge in [-0.3, -0.25) is 4.79 Å². The standard InChI is InChI=1S/C8H7N3OS/c9-3-4-10-7(12)1-2-8-11-5-6-13-8/h1-2,5-6H,4H2,(H,10,12)/b2-1+. The molecule has 0 aliphatic rings. The summed E-state index contributed by atoms with van der Waals surface area (Å²) in [6.07, 6.45) is 4.63. The number of carbonyl (C=O) groups is 1. The zero-order valence-corrected chi connectivity index (χ0v) is 7.54. The van der Waals surface area contributed by atoms with E-state index in [1.54, 1.807) is 12.3 Å². The number of carbonyl (C=O) groups excluding carboxylic acids is 1. The summed E-state index contributed by atoms with van der Waals surface area (Å²) in [5.41, 5.74) is 0. The van der Waals surface area contributed by atoms with Crippen LogP contribution in [0.4, 0.5) is 0 Å². The molecule has 4 nitrogen and oxygen atoms in total. The first kappa shape index (κ1) is 9.42. The van der Waals surface area contributed by atoms with Gasteiger partial charge in [-0.15, -0.1) is 11.3 Å². The first-order valence-electron chi connectivity index (χ1n) is 3.55. The quantitative estimate of drug-likeness (QED) is 0.570. The number of amides is 1. The van der Waals surface area contributed by atoms with Gasteiger partial charge in [-0.2, -0.15) is 5.26 Å². The molecule has 0 saturated carbocycles. The molecule has 1 rings (SSSR count). The third kappa shape index (κ3) is 3.49. The van der Waals surface area contributed by atoms with Gasteiger partial charge in [-0.25, -0.2) is 4.98 Å². The fourth-order valence-electron chi connectivity index (χ4n) is 0.649. The summed E-state index contributed by atoms with van der Waals surface area (Å²) >= 11 is 1.45. The van der Waals surface area contributed by atoms with Gasteiger partial charge >= 0.3 is 0 Å². The van der Waals surface area contributed by atoms with Crippen molar-refractivity contribution >= 4 is 23.3 Å². The van der Waals surface area contributed by atoms with Crippen LogP contribution in [0.15, 0.2) is 17.7 Å². The maximum absolute atomic E-state index is 10.9. The number of nitrogens with one attached hydrogen (secondary N) is 1. The molecule has 1 aromatic rings. The minimum atomic E-state index is -0.281. The minimum Gasteiger partial charge on any atom is -0.339 e. The lowest BCUT2D eigenvalue weighted by molar-refractivity contribution is -0.116. The van der Waals surface area contributed by atoms with Crippen LogP contribution in [-0.4, -0.2) is 17.4 Å². The van der Waals surface area contributed by atoms with Crippen molar-refractivity contribution in [1.29, 1.82) is 5.26 Å². The van der Waals surface area contributed by atoms with E-state index in [-0.39, 0.29) is 12.5 Å². The predicted octanol–water partition coefficient (Wildman–Crippen LogP) is 0.796. The van der Waals surface area contributed by atoms with Gasteiger partial charge in [0.15, 0.2) is 0 Å². The molecule has 0 fully saturated rings. The Labute approximate surface area is 79.5 Å². The van der Waals surface area contributed by atoms with Gasteiger partial charge in [-0.05, 0) is 6.08 Å². The third-order valence-electron chi connectivity index (χ3n) is 1.17. The van der Waals surface area contributed by atoms with Crippen LogP contribution >= 0.6 is 11.3 Å². The molecule has 0 spiro atoms. The highest BCUT2D eigenvalue weighted by atomic mass is 32.1. The molecule has 5 heteroatoms. The summed E-state index contributed by atoms with van der Waals surface area (Å²) in [4.78, 5) is 14.9. The van der Waals surface area contributed by atoms with Crippen LogP contribution < -0.4 is 5.32 Å². The van der Waals surface area contributed by atoms with Crippen LogP contribution in [0, 0.1) is 11.3 Å². The Morgan fingerprint density at radius 1 is 1.85 bits per heavy atom. The summed E-state index contributed by atoms with van der Waals surface area (Å²) < 4.78 is 0.